The first-order valence-electron chi connectivity index (χ1n) is 9.78. The van der Waals surface area contributed by atoms with Gasteiger partial charge in [0.15, 0.2) is 0 Å². The Hall–Kier alpha value is -2.82. The van der Waals surface area contributed by atoms with Crippen molar-refractivity contribution in [3.8, 4) is 0 Å². The molecule has 0 radical (unpaired) electrons. The zero-order chi connectivity index (χ0) is 18.6. The van der Waals surface area contributed by atoms with E-state index in [0.717, 1.165) is 48.4 Å². The van der Waals surface area contributed by atoms with E-state index in [1.807, 2.05) is 24.3 Å². The molecule has 1 fully saturated rings. The number of carbonyl (C=O) groups excluding carboxylic acids is 1. The molecule has 0 spiro atoms. The van der Waals surface area contributed by atoms with Crippen molar-refractivity contribution in [3.63, 3.8) is 0 Å². The molecule has 4 rings (SSSR count). The Morgan fingerprint density at radius 3 is 2.74 bits per heavy atom. The molecule has 5 nitrogen and oxygen atoms in total. The summed E-state index contributed by atoms with van der Waals surface area (Å²) in [4.78, 5) is 22.9. The minimum Gasteiger partial charge on any atom is -0.352 e. The first kappa shape index (κ1) is 17.6. The highest BCUT2D eigenvalue weighted by atomic mass is 16.1. The Bertz CT molecular complexity index is 882. The van der Waals surface area contributed by atoms with Crippen molar-refractivity contribution in [1.82, 2.24) is 15.3 Å². The molecule has 1 aromatic heterocycles. The number of aryl methyl sites for hydroxylation is 1. The summed E-state index contributed by atoms with van der Waals surface area (Å²) in [5.41, 5.74) is 4.47. The van der Waals surface area contributed by atoms with Gasteiger partial charge in [0.2, 0.25) is 11.9 Å². The van der Waals surface area contributed by atoms with Crippen LogP contribution < -0.4 is 10.2 Å². The number of nitrogens with zero attached hydrogens (tertiary/aromatic N) is 2. The lowest BCUT2D eigenvalue weighted by atomic mass is 9.97. The van der Waals surface area contributed by atoms with Crippen LogP contribution in [-0.4, -0.2) is 29.0 Å². The molecule has 0 aliphatic carbocycles. The summed E-state index contributed by atoms with van der Waals surface area (Å²) in [5, 5.41) is 3.11. The van der Waals surface area contributed by atoms with Crippen LogP contribution in [0, 0.1) is 5.92 Å². The number of H-pyrrole nitrogens is 1. The van der Waals surface area contributed by atoms with Gasteiger partial charge in [0.25, 0.3) is 0 Å². The molecule has 1 atom stereocenters. The van der Waals surface area contributed by atoms with E-state index in [1.165, 1.54) is 5.56 Å². The van der Waals surface area contributed by atoms with Gasteiger partial charge in [-0.05, 0) is 42.5 Å². The third-order valence-corrected chi connectivity index (χ3v) is 5.37. The first-order valence-corrected chi connectivity index (χ1v) is 9.78. The first-order chi connectivity index (χ1) is 13.2. The number of nitrogens with one attached hydrogen (secondary N) is 2. The number of fused-ring (bicyclic) bond motifs is 1. The Labute approximate surface area is 159 Å². The molecule has 140 valence electrons. The van der Waals surface area contributed by atoms with Gasteiger partial charge in [-0.2, -0.15) is 0 Å². The number of hydrogen-bond acceptors (Lipinski definition) is 3. The van der Waals surface area contributed by atoms with Gasteiger partial charge in [-0.3, -0.25) is 4.79 Å². The van der Waals surface area contributed by atoms with E-state index in [9.17, 15) is 4.79 Å². The molecule has 0 bridgehead atoms. The SMILES string of the molecule is CCc1ccc(CNC(=O)C2CCCN(c3nc4ccccc4[nH]3)C2)cc1. The Kier molecular flexibility index (Phi) is 5.10. The summed E-state index contributed by atoms with van der Waals surface area (Å²) in [5.74, 6) is 1.00. The lowest BCUT2D eigenvalue weighted by Crippen LogP contribution is -2.43. The second kappa shape index (κ2) is 7.82. The number of aromatic nitrogens is 2. The van der Waals surface area contributed by atoms with E-state index in [2.05, 4.69) is 51.4 Å². The van der Waals surface area contributed by atoms with Gasteiger partial charge >= 0.3 is 0 Å². The summed E-state index contributed by atoms with van der Waals surface area (Å²) in [6, 6.07) is 16.5. The van der Waals surface area contributed by atoms with Crippen molar-refractivity contribution in [2.45, 2.75) is 32.7 Å². The number of imidazole rings is 1. The Morgan fingerprint density at radius 1 is 1.19 bits per heavy atom. The average Bonchev–Trinajstić information content (AvgIpc) is 3.17. The topological polar surface area (TPSA) is 61.0 Å². The monoisotopic (exact) mass is 362 g/mol. The van der Waals surface area contributed by atoms with E-state index in [-0.39, 0.29) is 11.8 Å². The van der Waals surface area contributed by atoms with Gasteiger partial charge in [-0.1, -0.05) is 43.3 Å². The quantitative estimate of drug-likeness (QED) is 0.728. The molecule has 5 heteroatoms. The van der Waals surface area contributed by atoms with Crippen LogP contribution in [0.3, 0.4) is 0 Å². The summed E-state index contributed by atoms with van der Waals surface area (Å²) in [7, 11) is 0. The largest absolute Gasteiger partial charge is 0.352 e. The number of piperidine rings is 1. The Balaban J connectivity index is 1.37. The molecule has 2 aromatic carbocycles. The van der Waals surface area contributed by atoms with Crippen LogP contribution in [0.15, 0.2) is 48.5 Å². The summed E-state index contributed by atoms with van der Waals surface area (Å²) < 4.78 is 0. The van der Waals surface area contributed by atoms with Crippen LogP contribution in [0.5, 0.6) is 0 Å². The zero-order valence-electron chi connectivity index (χ0n) is 15.7. The van der Waals surface area contributed by atoms with E-state index in [0.29, 0.717) is 13.1 Å². The maximum atomic E-state index is 12.7. The summed E-state index contributed by atoms with van der Waals surface area (Å²) in [6.45, 7) is 4.38. The number of aromatic amines is 1. The van der Waals surface area contributed by atoms with Crippen molar-refractivity contribution in [2.75, 3.05) is 18.0 Å². The number of para-hydroxylation sites is 2. The predicted octanol–water partition coefficient (Wildman–Crippen LogP) is 3.66. The second-order valence-electron chi connectivity index (χ2n) is 7.25. The molecule has 1 amide bonds. The molecular weight excluding hydrogens is 336 g/mol. The zero-order valence-corrected chi connectivity index (χ0v) is 15.7. The molecule has 1 aliphatic rings. The normalized spacial score (nSPS) is 17.2. The van der Waals surface area contributed by atoms with Crippen LogP contribution in [0.25, 0.3) is 11.0 Å². The smallest absolute Gasteiger partial charge is 0.225 e. The Morgan fingerprint density at radius 2 is 1.96 bits per heavy atom. The van der Waals surface area contributed by atoms with Gasteiger partial charge in [0.1, 0.15) is 0 Å². The number of rotatable bonds is 5. The van der Waals surface area contributed by atoms with Gasteiger partial charge < -0.3 is 15.2 Å². The van der Waals surface area contributed by atoms with Crippen LogP contribution in [0.1, 0.15) is 30.9 Å². The van der Waals surface area contributed by atoms with Crippen LogP contribution in [-0.2, 0) is 17.8 Å². The number of hydrogen-bond donors (Lipinski definition) is 2. The minimum atomic E-state index is 0.00174. The molecule has 2 heterocycles. The van der Waals surface area contributed by atoms with Crippen LogP contribution in [0.4, 0.5) is 5.95 Å². The lowest BCUT2D eigenvalue weighted by Gasteiger charge is -2.31. The number of benzene rings is 2. The maximum Gasteiger partial charge on any atom is 0.225 e. The van der Waals surface area contributed by atoms with E-state index in [4.69, 9.17) is 0 Å². The lowest BCUT2D eigenvalue weighted by molar-refractivity contribution is -0.125. The molecule has 27 heavy (non-hydrogen) atoms. The van der Waals surface area contributed by atoms with Gasteiger partial charge in [0.05, 0.1) is 17.0 Å². The number of anilines is 1. The van der Waals surface area contributed by atoms with E-state index >= 15 is 0 Å². The van der Waals surface area contributed by atoms with Crippen molar-refractivity contribution in [3.05, 3.63) is 59.7 Å². The van der Waals surface area contributed by atoms with E-state index < -0.39 is 0 Å². The highest BCUT2D eigenvalue weighted by Crippen LogP contribution is 2.23. The maximum absolute atomic E-state index is 12.7. The fourth-order valence-electron chi connectivity index (χ4n) is 3.70. The van der Waals surface area contributed by atoms with Crippen molar-refractivity contribution in [2.24, 2.45) is 5.92 Å². The molecule has 3 aromatic rings. The fourth-order valence-corrected chi connectivity index (χ4v) is 3.70. The van der Waals surface area contributed by atoms with Crippen molar-refractivity contribution >= 4 is 22.9 Å². The molecular formula is C22H26N4O. The van der Waals surface area contributed by atoms with Crippen LogP contribution in [0.2, 0.25) is 0 Å². The minimum absolute atomic E-state index is 0.00174. The molecule has 0 saturated carbocycles. The second-order valence-corrected chi connectivity index (χ2v) is 7.25. The predicted molar refractivity (Wildman–Crippen MR) is 109 cm³/mol. The average molecular weight is 362 g/mol. The molecule has 2 N–H and O–H groups in total. The summed E-state index contributed by atoms with van der Waals surface area (Å²) >= 11 is 0. The van der Waals surface area contributed by atoms with Crippen molar-refractivity contribution in [1.29, 1.82) is 0 Å². The standard InChI is InChI=1S/C22H26N4O/c1-2-16-9-11-17(12-10-16)14-23-21(27)18-6-5-13-26(15-18)22-24-19-7-3-4-8-20(19)25-22/h3-4,7-12,18H,2,5-6,13-15H2,1H3,(H,23,27)(H,24,25). The highest BCUT2D eigenvalue weighted by Gasteiger charge is 2.27. The summed E-state index contributed by atoms with van der Waals surface area (Å²) in [6.07, 6.45) is 2.96. The number of amides is 1. The number of carbonyl (C=O) groups is 1. The molecule has 1 aliphatic heterocycles. The third kappa shape index (κ3) is 3.97. The molecule has 1 saturated heterocycles. The van der Waals surface area contributed by atoms with E-state index in [1.54, 1.807) is 0 Å². The van der Waals surface area contributed by atoms with Crippen molar-refractivity contribution < 1.29 is 4.79 Å². The van der Waals surface area contributed by atoms with Gasteiger partial charge in [-0.15, -0.1) is 0 Å². The van der Waals surface area contributed by atoms with Crippen LogP contribution >= 0.6 is 0 Å². The van der Waals surface area contributed by atoms with Gasteiger partial charge in [-0.25, -0.2) is 4.98 Å². The highest BCUT2D eigenvalue weighted by molar-refractivity contribution is 5.80. The third-order valence-electron chi connectivity index (χ3n) is 5.37. The molecule has 1 unspecified atom stereocenters. The van der Waals surface area contributed by atoms with Gasteiger partial charge in [0, 0.05) is 19.6 Å². The fraction of sp³-hybridized carbons (Fsp3) is 0.364.